The van der Waals surface area contributed by atoms with Gasteiger partial charge < -0.3 is 15.6 Å². The van der Waals surface area contributed by atoms with Crippen LogP contribution < -0.4 is 11.1 Å². The first-order valence-corrected chi connectivity index (χ1v) is 9.32. The number of nitrogens with two attached hydrogens (primary N) is 1. The summed E-state index contributed by atoms with van der Waals surface area (Å²) < 4.78 is 2.24. The third-order valence-corrected chi connectivity index (χ3v) is 5.57. The normalized spacial score (nSPS) is 16.7. The zero-order chi connectivity index (χ0) is 16.9. The second kappa shape index (κ2) is 5.57. The van der Waals surface area contributed by atoms with E-state index in [1.165, 1.54) is 17.8 Å². The van der Waals surface area contributed by atoms with Crippen molar-refractivity contribution in [2.75, 3.05) is 5.73 Å². The smallest absolute Gasteiger partial charge is 0.180 e. The van der Waals surface area contributed by atoms with Crippen LogP contribution in [0.3, 0.4) is 0 Å². The van der Waals surface area contributed by atoms with Crippen LogP contribution in [-0.2, 0) is 12.6 Å². The van der Waals surface area contributed by atoms with Crippen LogP contribution in [0.4, 0.5) is 5.13 Å². The fraction of sp³-hybridized carbons (Fsp3) is 0.444. The van der Waals surface area contributed by atoms with Crippen LogP contribution >= 0.6 is 11.3 Å². The van der Waals surface area contributed by atoms with Gasteiger partial charge in [0, 0.05) is 24.0 Å². The number of aromatic nitrogens is 3. The van der Waals surface area contributed by atoms with Crippen molar-refractivity contribution < 1.29 is 0 Å². The van der Waals surface area contributed by atoms with Crippen molar-refractivity contribution in [1.29, 1.82) is 0 Å². The molecule has 0 saturated heterocycles. The van der Waals surface area contributed by atoms with Crippen LogP contribution in [0.5, 0.6) is 0 Å². The molecule has 2 heterocycles. The molecule has 126 valence electrons. The van der Waals surface area contributed by atoms with Crippen LogP contribution in [0.25, 0.3) is 22.3 Å². The van der Waals surface area contributed by atoms with Crippen molar-refractivity contribution >= 4 is 27.5 Å². The van der Waals surface area contributed by atoms with E-state index in [1.807, 2.05) is 5.38 Å². The Labute approximate surface area is 145 Å². The van der Waals surface area contributed by atoms with Gasteiger partial charge in [-0.05, 0) is 45.2 Å². The van der Waals surface area contributed by atoms with E-state index >= 15 is 0 Å². The van der Waals surface area contributed by atoms with Gasteiger partial charge >= 0.3 is 0 Å². The summed E-state index contributed by atoms with van der Waals surface area (Å²) in [7, 11) is 2.12. The standard InChI is InChI=1S/C18H23N5S/c1-11(2)22-18(7-4-8-18)16-20-13-9-12(5-6-15(13)23(16)3)14-10-24-17(19)21-14/h5-6,9-11,22H,4,7-8H2,1-3H3,(H2,19,21). The highest BCUT2D eigenvalue weighted by Gasteiger charge is 2.42. The minimum absolute atomic E-state index is 0.0210. The molecule has 0 unspecified atom stereocenters. The molecule has 5 nitrogen and oxygen atoms in total. The number of rotatable bonds is 4. The maximum absolute atomic E-state index is 5.77. The van der Waals surface area contributed by atoms with E-state index in [9.17, 15) is 0 Å². The molecule has 0 spiro atoms. The zero-order valence-corrected chi connectivity index (χ0v) is 15.2. The molecule has 2 aromatic heterocycles. The number of benzene rings is 1. The third-order valence-electron chi connectivity index (χ3n) is 4.90. The van der Waals surface area contributed by atoms with Gasteiger partial charge in [0.25, 0.3) is 0 Å². The maximum Gasteiger partial charge on any atom is 0.180 e. The molecule has 0 amide bonds. The summed E-state index contributed by atoms with van der Waals surface area (Å²) in [5, 5.41) is 6.34. The summed E-state index contributed by atoms with van der Waals surface area (Å²) in [6.07, 6.45) is 3.56. The molecule has 1 aliphatic carbocycles. The highest BCUT2D eigenvalue weighted by molar-refractivity contribution is 7.13. The molecule has 0 aliphatic heterocycles. The fourth-order valence-corrected chi connectivity index (χ4v) is 4.29. The van der Waals surface area contributed by atoms with Gasteiger partial charge in [0.05, 0.1) is 22.3 Å². The topological polar surface area (TPSA) is 68.8 Å². The number of nitrogen functional groups attached to an aromatic ring is 1. The van der Waals surface area contributed by atoms with Crippen LogP contribution in [0.1, 0.15) is 38.9 Å². The van der Waals surface area contributed by atoms with Gasteiger partial charge in [0.2, 0.25) is 0 Å². The minimum Gasteiger partial charge on any atom is -0.375 e. The summed E-state index contributed by atoms with van der Waals surface area (Å²) in [6.45, 7) is 4.40. The number of hydrogen-bond acceptors (Lipinski definition) is 5. The average molecular weight is 341 g/mol. The Morgan fingerprint density at radius 1 is 1.29 bits per heavy atom. The molecule has 1 fully saturated rings. The van der Waals surface area contributed by atoms with Gasteiger partial charge in [-0.2, -0.15) is 0 Å². The van der Waals surface area contributed by atoms with Crippen molar-refractivity contribution in [1.82, 2.24) is 19.9 Å². The monoisotopic (exact) mass is 341 g/mol. The number of aryl methyl sites for hydroxylation is 1. The Morgan fingerprint density at radius 2 is 2.08 bits per heavy atom. The molecule has 6 heteroatoms. The Balaban J connectivity index is 1.79. The molecule has 1 saturated carbocycles. The molecule has 1 aliphatic rings. The van der Waals surface area contributed by atoms with Crippen LogP contribution in [0.2, 0.25) is 0 Å². The van der Waals surface area contributed by atoms with E-state index in [0.29, 0.717) is 11.2 Å². The van der Waals surface area contributed by atoms with E-state index in [-0.39, 0.29) is 5.54 Å². The van der Waals surface area contributed by atoms with Crippen molar-refractivity contribution in [2.24, 2.45) is 7.05 Å². The number of nitrogens with zero attached hydrogens (tertiary/aromatic N) is 3. The van der Waals surface area contributed by atoms with Gasteiger partial charge in [0.1, 0.15) is 5.82 Å². The SMILES string of the molecule is CC(C)NC1(c2nc3cc(-c4csc(N)n4)ccc3n2C)CCC1. The predicted molar refractivity (Wildman–Crippen MR) is 100 cm³/mol. The van der Waals surface area contributed by atoms with Crippen LogP contribution in [-0.4, -0.2) is 20.6 Å². The van der Waals surface area contributed by atoms with Crippen molar-refractivity contribution in [3.63, 3.8) is 0 Å². The van der Waals surface area contributed by atoms with Gasteiger partial charge in [-0.25, -0.2) is 9.97 Å². The van der Waals surface area contributed by atoms with Gasteiger partial charge in [-0.1, -0.05) is 6.07 Å². The quantitative estimate of drug-likeness (QED) is 0.760. The molecular weight excluding hydrogens is 318 g/mol. The maximum atomic E-state index is 5.77. The number of anilines is 1. The summed E-state index contributed by atoms with van der Waals surface area (Å²) in [4.78, 5) is 9.38. The average Bonchev–Trinajstić information content (AvgIpc) is 3.07. The lowest BCUT2D eigenvalue weighted by Gasteiger charge is -2.43. The summed E-state index contributed by atoms with van der Waals surface area (Å²) in [6, 6.07) is 6.80. The number of imidazole rings is 1. The minimum atomic E-state index is 0.0210. The third kappa shape index (κ3) is 2.41. The molecule has 0 bridgehead atoms. The summed E-state index contributed by atoms with van der Waals surface area (Å²) in [5.74, 6) is 1.15. The Hall–Kier alpha value is -1.92. The predicted octanol–water partition coefficient (Wildman–Crippen LogP) is 3.66. The zero-order valence-electron chi connectivity index (χ0n) is 14.3. The van der Waals surface area contributed by atoms with E-state index in [0.717, 1.165) is 41.0 Å². The Morgan fingerprint density at radius 3 is 2.67 bits per heavy atom. The second-order valence-electron chi connectivity index (χ2n) is 7.00. The Kier molecular flexibility index (Phi) is 3.62. The lowest BCUT2D eigenvalue weighted by Crippen LogP contribution is -2.52. The van der Waals surface area contributed by atoms with E-state index in [1.54, 1.807) is 0 Å². The van der Waals surface area contributed by atoms with E-state index in [2.05, 4.69) is 54.0 Å². The number of hydrogen-bond donors (Lipinski definition) is 2. The Bertz CT molecular complexity index is 888. The van der Waals surface area contributed by atoms with E-state index in [4.69, 9.17) is 10.7 Å². The summed E-state index contributed by atoms with van der Waals surface area (Å²) in [5.41, 5.74) is 9.96. The van der Waals surface area contributed by atoms with Gasteiger partial charge in [0.15, 0.2) is 5.13 Å². The lowest BCUT2D eigenvalue weighted by molar-refractivity contribution is 0.155. The first kappa shape index (κ1) is 15.6. The molecule has 24 heavy (non-hydrogen) atoms. The highest BCUT2D eigenvalue weighted by Crippen LogP contribution is 2.42. The molecule has 0 atom stereocenters. The molecule has 1 aromatic carbocycles. The molecule has 0 radical (unpaired) electrons. The molecule has 3 N–H and O–H groups in total. The van der Waals surface area contributed by atoms with Crippen LogP contribution in [0, 0.1) is 0 Å². The number of nitrogens with one attached hydrogen (secondary N) is 1. The van der Waals surface area contributed by atoms with Crippen molar-refractivity contribution in [3.05, 3.63) is 29.4 Å². The fourth-order valence-electron chi connectivity index (χ4n) is 3.72. The molecule has 4 rings (SSSR count). The van der Waals surface area contributed by atoms with Crippen molar-refractivity contribution in [3.8, 4) is 11.3 Å². The first-order chi connectivity index (χ1) is 11.5. The molecular formula is C18H23N5S. The first-order valence-electron chi connectivity index (χ1n) is 8.44. The highest BCUT2D eigenvalue weighted by atomic mass is 32.1. The summed E-state index contributed by atoms with van der Waals surface area (Å²) >= 11 is 1.47. The second-order valence-corrected chi connectivity index (χ2v) is 7.89. The number of thiazole rings is 1. The molecule has 3 aromatic rings. The largest absolute Gasteiger partial charge is 0.375 e. The lowest BCUT2D eigenvalue weighted by atomic mass is 9.75. The van der Waals surface area contributed by atoms with Crippen LogP contribution in [0.15, 0.2) is 23.6 Å². The van der Waals surface area contributed by atoms with Crippen molar-refractivity contribution in [2.45, 2.75) is 44.7 Å². The van der Waals surface area contributed by atoms with Gasteiger partial charge in [-0.15, -0.1) is 11.3 Å². The van der Waals surface area contributed by atoms with Gasteiger partial charge in [-0.3, -0.25) is 0 Å². The van der Waals surface area contributed by atoms with E-state index < -0.39 is 0 Å². The number of fused-ring (bicyclic) bond motifs is 1.